The Morgan fingerprint density at radius 2 is 1.50 bits per heavy atom. The third-order valence-corrected chi connectivity index (χ3v) is 3.12. The molecule has 20 heavy (non-hydrogen) atoms. The molecule has 1 N–H and O–H groups in total. The molecule has 2 aromatic rings. The van der Waals surface area contributed by atoms with E-state index in [1.165, 1.54) is 11.1 Å². The summed E-state index contributed by atoms with van der Waals surface area (Å²) >= 11 is 0. The lowest BCUT2D eigenvalue weighted by Gasteiger charge is -2.09. The lowest BCUT2D eigenvalue weighted by molar-refractivity contribution is 0.839. The standard InChI is InChI=1S/C18H22N2/c1-2-9-18(19-14-16-10-5-3-6-11-16)20-15-17-12-7-4-8-13-17/h3-8,10-13H,2,9,14-15H2,1H3,(H,19,20). The molecule has 2 nitrogen and oxygen atoms in total. The first-order chi connectivity index (χ1) is 9.88. The topological polar surface area (TPSA) is 24.4 Å². The van der Waals surface area contributed by atoms with Gasteiger partial charge in [0.2, 0.25) is 0 Å². The molecule has 0 aliphatic rings. The first-order valence-corrected chi connectivity index (χ1v) is 7.23. The van der Waals surface area contributed by atoms with Crippen molar-refractivity contribution in [1.29, 1.82) is 0 Å². The molecule has 0 atom stereocenters. The zero-order valence-electron chi connectivity index (χ0n) is 12.0. The zero-order chi connectivity index (χ0) is 14.0. The van der Waals surface area contributed by atoms with Crippen LogP contribution in [0, 0.1) is 0 Å². The molecular formula is C18H22N2. The molecule has 2 heteroatoms. The van der Waals surface area contributed by atoms with E-state index in [9.17, 15) is 0 Å². The van der Waals surface area contributed by atoms with E-state index in [4.69, 9.17) is 4.99 Å². The summed E-state index contributed by atoms with van der Waals surface area (Å²) in [6.45, 7) is 3.77. The van der Waals surface area contributed by atoms with Crippen molar-refractivity contribution in [2.75, 3.05) is 0 Å². The lowest BCUT2D eigenvalue weighted by Crippen LogP contribution is -2.23. The summed E-state index contributed by atoms with van der Waals surface area (Å²) in [5.41, 5.74) is 2.54. The predicted octanol–water partition coefficient (Wildman–Crippen LogP) is 4.18. The SMILES string of the molecule is CCCC(=NCc1ccccc1)NCc1ccccc1. The smallest absolute Gasteiger partial charge is 0.0969 e. The molecule has 0 saturated heterocycles. The maximum Gasteiger partial charge on any atom is 0.0969 e. The Labute approximate surface area is 121 Å². The van der Waals surface area contributed by atoms with Crippen molar-refractivity contribution >= 4 is 5.84 Å². The normalized spacial score (nSPS) is 11.3. The molecular weight excluding hydrogens is 244 g/mol. The minimum Gasteiger partial charge on any atom is -0.370 e. The molecule has 0 bridgehead atoms. The molecule has 0 aliphatic carbocycles. The predicted molar refractivity (Wildman–Crippen MR) is 85.8 cm³/mol. The van der Waals surface area contributed by atoms with Crippen LogP contribution in [0.1, 0.15) is 30.9 Å². The number of hydrogen-bond donors (Lipinski definition) is 1. The van der Waals surface area contributed by atoms with Gasteiger partial charge >= 0.3 is 0 Å². The highest BCUT2D eigenvalue weighted by atomic mass is 15.0. The minimum atomic E-state index is 0.748. The Kier molecular flexibility index (Phi) is 5.84. The largest absolute Gasteiger partial charge is 0.370 e. The van der Waals surface area contributed by atoms with Crippen LogP contribution in [-0.4, -0.2) is 5.84 Å². The van der Waals surface area contributed by atoms with E-state index in [0.717, 1.165) is 31.8 Å². The molecule has 0 unspecified atom stereocenters. The number of nitrogens with one attached hydrogen (secondary N) is 1. The van der Waals surface area contributed by atoms with Gasteiger partial charge in [-0.1, -0.05) is 67.6 Å². The van der Waals surface area contributed by atoms with Crippen LogP contribution in [0.5, 0.6) is 0 Å². The van der Waals surface area contributed by atoms with E-state index in [-0.39, 0.29) is 0 Å². The van der Waals surface area contributed by atoms with Crippen LogP contribution >= 0.6 is 0 Å². The van der Waals surface area contributed by atoms with Crippen LogP contribution in [-0.2, 0) is 13.1 Å². The Morgan fingerprint density at radius 1 is 0.900 bits per heavy atom. The van der Waals surface area contributed by atoms with E-state index in [1.54, 1.807) is 0 Å². The van der Waals surface area contributed by atoms with Crippen molar-refractivity contribution < 1.29 is 0 Å². The number of amidine groups is 1. The van der Waals surface area contributed by atoms with Gasteiger partial charge in [0.15, 0.2) is 0 Å². The molecule has 0 radical (unpaired) electrons. The molecule has 2 aromatic carbocycles. The van der Waals surface area contributed by atoms with E-state index in [2.05, 4.69) is 60.8 Å². The monoisotopic (exact) mass is 266 g/mol. The van der Waals surface area contributed by atoms with Crippen molar-refractivity contribution in [3.05, 3.63) is 71.8 Å². The Balaban J connectivity index is 1.92. The quantitative estimate of drug-likeness (QED) is 0.615. The average molecular weight is 266 g/mol. The van der Waals surface area contributed by atoms with Gasteiger partial charge in [-0.15, -0.1) is 0 Å². The molecule has 0 aromatic heterocycles. The molecule has 2 rings (SSSR count). The second-order valence-electron chi connectivity index (χ2n) is 4.84. The third-order valence-electron chi connectivity index (χ3n) is 3.12. The first kappa shape index (κ1) is 14.3. The van der Waals surface area contributed by atoms with Gasteiger partial charge in [-0.3, -0.25) is 4.99 Å². The number of aliphatic imine (C=N–C) groups is 1. The number of hydrogen-bond acceptors (Lipinski definition) is 1. The second kappa shape index (κ2) is 8.16. The van der Waals surface area contributed by atoms with Gasteiger partial charge in [0.1, 0.15) is 0 Å². The molecule has 0 heterocycles. The van der Waals surface area contributed by atoms with E-state index >= 15 is 0 Å². The van der Waals surface area contributed by atoms with E-state index in [0.29, 0.717) is 0 Å². The molecule has 104 valence electrons. The van der Waals surface area contributed by atoms with Crippen LogP contribution < -0.4 is 5.32 Å². The van der Waals surface area contributed by atoms with Gasteiger partial charge in [-0.25, -0.2) is 0 Å². The summed E-state index contributed by atoms with van der Waals surface area (Å²) in [6.07, 6.45) is 2.11. The summed E-state index contributed by atoms with van der Waals surface area (Å²) < 4.78 is 0. The van der Waals surface area contributed by atoms with Gasteiger partial charge in [0, 0.05) is 13.0 Å². The fraction of sp³-hybridized carbons (Fsp3) is 0.278. The molecule has 0 saturated carbocycles. The van der Waals surface area contributed by atoms with Crippen molar-refractivity contribution in [3.8, 4) is 0 Å². The fourth-order valence-electron chi connectivity index (χ4n) is 2.03. The number of rotatable bonds is 6. The van der Waals surface area contributed by atoms with E-state index in [1.807, 2.05) is 12.1 Å². The maximum atomic E-state index is 4.70. The molecule has 0 aliphatic heterocycles. The van der Waals surface area contributed by atoms with Crippen molar-refractivity contribution in [1.82, 2.24) is 5.32 Å². The van der Waals surface area contributed by atoms with Crippen molar-refractivity contribution in [2.24, 2.45) is 4.99 Å². The number of benzene rings is 2. The van der Waals surface area contributed by atoms with Crippen molar-refractivity contribution in [2.45, 2.75) is 32.9 Å². The summed E-state index contributed by atoms with van der Waals surface area (Å²) in [6, 6.07) is 20.8. The fourth-order valence-corrected chi connectivity index (χ4v) is 2.03. The highest BCUT2D eigenvalue weighted by Crippen LogP contribution is 2.03. The average Bonchev–Trinajstić information content (AvgIpc) is 2.52. The Hall–Kier alpha value is -2.09. The van der Waals surface area contributed by atoms with Crippen molar-refractivity contribution in [3.63, 3.8) is 0 Å². The van der Waals surface area contributed by atoms with Gasteiger partial charge in [0.25, 0.3) is 0 Å². The minimum absolute atomic E-state index is 0.748. The zero-order valence-corrected chi connectivity index (χ0v) is 12.0. The maximum absolute atomic E-state index is 4.70. The first-order valence-electron chi connectivity index (χ1n) is 7.23. The summed E-state index contributed by atoms with van der Waals surface area (Å²) in [5, 5.41) is 3.46. The number of nitrogens with zero attached hydrogens (tertiary/aromatic N) is 1. The second-order valence-corrected chi connectivity index (χ2v) is 4.84. The van der Waals surface area contributed by atoms with Gasteiger partial charge in [-0.05, 0) is 17.5 Å². The third kappa shape index (κ3) is 4.88. The highest BCUT2D eigenvalue weighted by Gasteiger charge is 1.98. The van der Waals surface area contributed by atoms with Crippen LogP contribution in [0.25, 0.3) is 0 Å². The molecule has 0 fully saturated rings. The molecule has 0 amide bonds. The summed E-state index contributed by atoms with van der Waals surface area (Å²) in [5.74, 6) is 1.10. The van der Waals surface area contributed by atoms with Crippen LogP contribution in [0.3, 0.4) is 0 Å². The van der Waals surface area contributed by atoms with Gasteiger partial charge in [0.05, 0.1) is 12.4 Å². The highest BCUT2D eigenvalue weighted by molar-refractivity contribution is 5.82. The Bertz CT molecular complexity index is 518. The van der Waals surface area contributed by atoms with Gasteiger partial charge in [-0.2, -0.15) is 0 Å². The van der Waals surface area contributed by atoms with Crippen LogP contribution in [0.4, 0.5) is 0 Å². The molecule has 0 spiro atoms. The van der Waals surface area contributed by atoms with E-state index < -0.39 is 0 Å². The van der Waals surface area contributed by atoms with Crippen LogP contribution in [0.15, 0.2) is 65.7 Å². The summed E-state index contributed by atoms with van der Waals surface area (Å²) in [4.78, 5) is 4.70. The van der Waals surface area contributed by atoms with Gasteiger partial charge < -0.3 is 5.32 Å². The lowest BCUT2D eigenvalue weighted by atomic mass is 10.2. The Morgan fingerprint density at radius 3 is 2.10 bits per heavy atom. The van der Waals surface area contributed by atoms with Crippen LogP contribution in [0.2, 0.25) is 0 Å². The summed E-state index contributed by atoms with van der Waals surface area (Å²) in [7, 11) is 0.